The van der Waals surface area contributed by atoms with Crippen LogP contribution in [0.4, 0.5) is 0 Å². The summed E-state index contributed by atoms with van der Waals surface area (Å²) in [6.45, 7) is 6.55. The molecule has 88 valence electrons. The van der Waals surface area contributed by atoms with E-state index in [9.17, 15) is 9.90 Å². The monoisotopic (exact) mass is 222 g/mol. The molecular weight excluding hydrogens is 204 g/mol. The summed E-state index contributed by atoms with van der Waals surface area (Å²) in [6.07, 6.45) is 2.39. The van der Waals surface area contributed by atoms with Crippen LogP contribution in [0.3, 0.4) is 0 Å². The van der Waals surface area contributed by atoms with Crippen LogP contribution in [0.1, 0.15) is 37.7 Å². The highest BCUT2D eigenvalue weighted by molar-refractivity contribution is 5.94. The standard InChI is InChI=1S/C12H18N2O2/c1-4-9(3)14(5-2)12(16)11-10(15)7-6-8-13-11/h6-9,15H,4-5H2,1-3H3. The van der Waals surface area contributed by atoms with Crippen molar-refractivity contribution < 1.29 is 9.90 Å². The van der Waals surface area contributed by atoms with E-state index in [1.54, 1.807) is 11.0 Å². The fourth-order valence-corrected chi connectivity index (χ4v) is 1.57. The number of hydrogen-bond acceptors (Lipinski definition) is 3. The lowest BCUT2D eigenvalue weighted by molar-refractivity contribution is 0.0690. The molecule has 0 saturated heterocycles. The minimum Gasteiger partial charge on any atom is -0.505 e. The van der Waals surface area contributed by atoms with Crippen molar-refractivity contribution in [3.05, 3.63) is 24.0 Å². The zero-order valence-corrected chi connectivity index (χ0v) is 9.97. The molecule has 0 radical (unpaired) electrons. The van der Waals surface area contributed by atoms with E-state index in [1.165, 1.54) is 12.3 Å². The average Bonchev–Trinajstić information content (AvgIpc) is 2.30. The Labute approximate surface area is 95.9 Å². The van der Waals surface area contributed by atoms with Gasteiger partial charge in [0.15, 0.2) is 5.69 Å². The predicted octanol–water partition coefficient (Wildman–Crippen LogP) is 2.05. The Morgan fingerprint density at radius 3 is 2.75 bits per heavy atom. The Hall–Kier alpha value is -1.58. The fraction of sp³-hybridized carbons (Fsp3) is 0.500. The summed E-state index contributed by atoms with van der Waals surface area (Å²) in [4.78, 5) is 17.7. The quantitative estimate of drug-likeness (QED) is 0.848. The summed E-state index contributed by atoms with van der Waals surface area (Å²) in [5.41, 5.74) is 0.129. The number of amides is 1. The summed E-state index contributed by atoms with van der Waals surface area (Å²) in [5, 5.41) is 9.57. The first kappa shape index (κ1) is 12.5. The Bertz CT molecular complexity index is 366. The van der Waals surface area contributed by atoms with Crippen molar-refractivity contribution in [1.29, 1.82) is 0 Å². The number of carbonyl (C=O) groups is 1. The van der Waals surface area contributed by atoms with Crippen molar-refractivity contribution in [2.75, 3.05) is 6.54 Å². The topological polar surface area (TPSA) is 53.4 Å². The van der Waals surface area contributed by atoms with E-state index in [1.807, 2.05) is 20.8 Å². The molecule has 1 heterocycles. The van der Waals surface area contributed by atoms with Crippen LogP contribution in [0.15, 0.2) is 18.3 Å². The number of nitrogens with zero attached hydrogens (tertiary/aromatic N) is 2. The molecule has 1 unspecified atom stereocenters. The molecule has 1 atom stereocenters. The molecular formula is C12H18N2O2. The van der Waals surface area contributed by atoms with E-state index >= 15 is 0 Å². The molecule has 1 rings (SSSR count). The normalized spacial score (nSPS) is 12.2. The molecule has 4 nitrogen and oxygen atoms in total. The second-order valence-electron chi connectivity index (χ2n) is 3.72. The SMILES string of the molecule is CCC(C)N(CC)C(=O)c1ncccc1O. The lowest BCUT2D eigenvalue weighted by Crippen LogP contribution is -2.38. The predicted molar refractivity (Wildman–Crippen MR) is 62.4 cm³/mol. The minimum absolute atomic E-state index is 0.0609. The first-order chi connectivity index (χ1) is 7.61. The van der Waals surface area contributed by atoms with Crippen LogP contribution < -0.4 is 0 Å². The summed E-state index contributed by atoms with van der Waals surface area (Å²) in [5.74, 6) is -0.274. The fourth-order valence-electron chi connectivity index (χ4n) is 1.57. The number of hydrogen-bond donors (Lipinski definition) is 1. The van der Waals surface area contributed by atoms with E-state index in [0.717, 1.165) is 6.42 Å². The Balaban J connectivity index is 2.96. The maximum absolute atomic E-state index is 12.1. The molecule has 0 fully saturated rings. The molecule has 0 saturated carbocycles. The molecule has 0 aliphatic rings. The summed E-state index contributed by atoms with van der Waals surface area (Å²) in [7, 11) is 0. The molecule has 0 aromatic carbocycles. The van der Waals surface area contributed by atoms with Crippen molar-refractivity contribution in [3.8, 4) is 5.75 Å². The number of aromatic nitrogens is 1. The van der Waals surface area contributed by atoms with Crippen LogP contribution in [0, 0.1) is 0 Å². The van der Waals surface area contributed by atoms with Gasteiger partial charge in [-0.2, -0.15) is 0 Å². The first-order valence-electron chi connectivity index (χ1n) is 5.56. The van der Waals surface area contributed by atoms with E-state index in [2.05, 4.69) is 4.98 Å². The Morgan fingerprint density at radius 1 is 1.56 bits per heavy atom. The second kappa shape index (κ2) is 5.49. The van der Waals surface area contributed by atoms with E-state index in [-0.39, 0.29) is 23.4 Å². The van der Waals surface area contributed by atoms with Gasteiger partial charge in [0.05, 0.1) is 0 Å². The highest BCUT2D eigenvalue weighted by Gasteiger charge is 2.22. The maximum atomic E-state index is 12.1. The molecule has 0 bridgehead atoms. The molecule has 0 aliphatic heterocycles. The molecule has 1 amide bonds. The lowest BCUT2D eigenvalue weighted by Gasteiger charge is -2.26. The summed E-state index contributed by atoms with van der Waals surface area (Å²) >= 11 is 0. The van der Waals surface area contributed by atoms with Gasteiger partial charge < -0.3 is 10.0 Å². The van der Waals surface area contributed by atoms with E-state index < -0.39 is 0 Å². The van der Waals surface area contributed by atoms with Crippen molar-refractivity contribution >= 4 is 5.91 Å². The van der Waals surface area contributed by atoms with Gasteiger partial charge in [-0.1, -0.05) is 6.92 Å². The van der Waals surface area contributed by atoms with Gasteiger partial charge in [-0.05, 0) is 32.4 Å². The highest BCUT2D eigenvalue weighted by Crippen LogP contribution is 2.17. The second-order valence-corrected chi connectivity index (χ2v) is 3.72. The van der Waals surface area contributed by atoms with Crippen molar-refractivity contribution in [1.82, 2.24) is 9.88 Å². The molecule has 1 aromatic rings. The molecule has 16 heavy (non-hydrogen) atoms. The van der Waals surface area contributed by atoms with Crippen LogP contribution in [0.2, 0.25) is 0 Å². The summed E-state index contributed by atoms with van der Waals surface area (Å²) in [6, 6.07) is 3.23. The number of carbonyl (C=O) groups excluding carboxylic acids is 1. The van der Waals surface area contributed by atoms with Crippen molar-refractivity contribution in [2.24, 2.45) is 0 Å². The van der Waals surface area contributed by atoms with Crippen LogP contribution in [0.5, 0.6) is 5.75 Å². The maximum Gasteiger partial charge on any atom is 0.276 e. The van der Waals surface area contributed by atoms with Gasteiger partial charge in [0.2, 0.25) is 0 Å². The number of rotatable bonds is 4. The van der Waals surface area contributed by atoms with Gasteiger partial charge >= 0.3 is 0 Å². The van der Waals surface area contributed by atoms with Gasteiger partial charge in [0.1, 0.15) is 5.75 Å². The molecule has 1 aromatic heterocycles. The zero-order valence-electron chi connectivity index (χ0n) is 9.97. The molecule has 0 spiro atoms. The number of pyridine rings is 1. The first-order valence-corrected chi connectivity index (χ1v) is 5.56. The minimum atomic E-state index is -0.213. The average molecular weight is 222 g/mol. The summed E-state index contributed by atoms with van der Waals surface area (Å²) < 4.78 is 0. The lowest BCUT2D eigenvalue weighted by atomic mass is 10.2. The van der Waals surface area contributed by atoms with Crippen LogP contribution in [-0.4, -0.2) is 33.5 Å². The van der Waals surface area contributed by atoms with Crippen molar-refractivity contribution in [2.45, 2.75) is 33.2 Å². The van der Waals surface area contributed by atoms with Gasteiger partial charge in [0.25, 0.3) is 5.91 Å². The Kier molecular flexibility index (Phi) is 4.28. The van der Waals surface area contributed by atoms with Gasteiger partial charge in [0, 0.05) is 18.8 Å². The number of aromatic hydroxyl groups is 1. The van der Waals surface area contributed by atoms with Crippen LogP contribution in [0.25, 0.3) is 0 Å². The smallest absolute Gasteiger partial charge is 0.276 e. The molecule has 4 heteroatoms. The van der Waals surface area contributed by atoms with E-state index in [4.69, 9.17) is 0 Å². The van der Waals surface area contributed by atoms with Gasteiger partial charge in [-0.25, -0.2) is 4.98 Å². The molecule has 1 N–H and O–H groups in total. The van der Waals surface area contributed by atoms with E-state index in [0.29, 0.717) is 6.54 Å². The van der Waals surface area contributed by atoms with Gasteiger partial charge in [-0.15, -0.1) is 0 Å². The Morgan fingerprint density at radius 2 is 2.25 bits per heavy atom. The third-order valence-electron chi connectivity index (χ3n) is 2.71. The van der Waals surface area contributed by atoms with Crippen LogP contribution >= 0.6 is 0 Å². The third kappa shape index (κ3) is 2.51. The van der Waals surface area contributed by atoms with Gasteiger partial charge in [-0.3, -0.25) is 4.79 Å². The highest BCUT2D eigenvalue weighted by atomic mass is 16.3. The third-order valence-corrected chi connectivity index (χ3v) is 2.71. The largest absolute Gasteiger partial charge is 0.505 e. The molecule has 0 aliphatic carbocycles. The zero-order chi connectivity index (χ0) is 12.1. The van der Waals surface area contributed by atoms with Crippen molar-refractivity contribution in [3.63, 3.8) is 0 Å². The van der Waals surface area contributed by atoms with Crippen LogP contribution in [-0.2, 0) is 0 Å².